The smallest absolute Gasteiger partial charge is 0.417 e. The van der Waals surface area contributed by atoms with Crippen LogP contribution in [0.2, 0.25) is 0 Å². The van der Waals surface area contributed by atoms with Gasteiger partial charge < -0.3 is 29.2 Å². The van der Waals surface area contributed by atoms with Crippen LogP contribution in [0.25, 0.3) is 11.1 Å². The number of piperidine rings is 1. The van der Waals surface area contributed by atoms with Gasteiger partial charge in [-0.15, -0.1) is 0 Å². The number of nitrogens with one attached hydrogen (secondary N) is 2. The van der Waals surface area contributed by atoms with Crippen molar-refractivity contribution in [2.24, 2.45) is 0 Å². The molecule has 4 heterocycles. The fraction of sp³-hybridized carbons (Fsp3) is 0.543. The number of anilines is 1. The van der Waals surface area contributed by atoms with Crippen molar-refractivity contribution in [3.63, 3.8) is 0 Å². The number of piperazine rings is 1. The Hall–Kier alpha value is -4.39. The van der Waals surface area contributed by atoms with E-state index in [4.69, 9.17) is 9.15 Å². The summed E-state index contributed by atoms with van der Waals surface area (Å²) < 4.78 is 25.5. The summed E-state index contributed by atoms with van der Waals surface area (Å²) in [5.41, 5.74) is 3.44. The number of urea groups is 1. The predicted molar refractivity (Wildman–Crippen MR) is 176 cm³/mol. The molecule has 256 valence electrons. The zero-order valence-electron chi connectivity index (χ0n) is 27.3. The van der Waals surface area contributed by atoms with Crippen LogP contribution in [0.15, 0.2) is 39.5 Å². The van der Waals surface area contributed by atoms with Crippen LogP contribution in [0.1, 0.15) is 61.6 Å². The molecule has 2 aromatic carbocycles. The number of aryl methyl sites for hydroxylation is 1. The summed E-state index contributed by atoms with van der Waals surface area (Å²) in [5, 5.41) is 2.68. The quantitative estimate of drug-likeness (QED) is 0.394. The van der Waals surface area contributed by atoms with Crippen LogP contribution in [0.3, 0.4) is 0 Å². The summed E-state index contributed by atoms with van der Waals surface area (Å²) in [6, 6.07) is 8.44. The summed E-state index contributed by atoms with van der Waals surface area (Å²) >= 11 is 0. The normalized spacial score (nSPS) is 20.5. The van der Waals surface area contributed by atoms with Gasteiger partial charge in [0.2, 0.25) is 0 Å². The van der Waals surface area contributed by atoms with Crippen molar-refractivity contribution in [2.75, 3.05) is 44.6 Å². The van der Waals surface area contributed by atoms with E-state index in [-0.39, 0.29) is 30.1 Å². The second kappa shape index (κ2) is 13.6. The van der Waals surface area contributed by atoms with E-state index in [9.17, 15) is 23.6 Å². The Morgan fingerprint density at radius 3 is 2.46 bits per heavy atom. The molecule has 0 radical (unpaired) electrons. The Labute approximate surface area is 278 Å². The van der Waals surface area contributed by atoms with Gasteiger partial charge in [0.15, 0.2) is 11.7 Å². The van der Waals surface area contributed by atoms with E-state index in [1.807, 2.05) is 13.0 Å². The van der Waals surface area contributed by atoms with Crippen molar-refractivity contribution in [1.82, 2.24) is 24.6 Å². The molecule has 4 aliphatic rings. The maximum Gasteiger partial charge on any atom is 0.417 e. The lowest BCUT2D eigenvalue weighted by atomic mass is 9.94. The molecule has 7 rings (SSSR count). The number of halogens is 1. The number of aromatic amines is 1. The Balaban J connectivity index is 1.02. The number of aromatic nitrogens is 1. The van der Waals surface area contributed by atoms with Crippen molar-refractivity contribution < 1.29 is 27.9 Å². The Morgan fingerprint density at radius 1 is 0.958 bits per heavy atom. The first-order chi connectivity index (χ1) is 23.2. The second-order valence-corrected chi connectivity index (χ2v) is 13.6. The fourth-order valence-electron chi connectivity index (χ4n) is 7.89. The number of hydrogen-bond acceptors (Lipinski definition) is 7. The van der Waals surface area contributed by atoms with Crippen molar-refractivity contribution >= 4 is 34.8 Å². The third-order valence-corrected chi connectivity index (χ3v) is 10.5. The highest BCUT2D eigenvalue weighted by molar-refractivity contribution is 5.92. The fourth-order valence-corrected chi connectivity index (χ4v) is 7.89. The Bertz CT molecular complexity index is 1730. The number of fused-ring (bicyclic) bond motifs is 2. The Morgan fingerprint density at radius 2 is 1.71 bits per heavy atom. The minimum absolute atomic E-state index is 0.130. The molecule has 3 fully saturated rings. The number of nitrogens with zero attached hydrogens (tertiary/aromatic N) is 4. The van der Waals surface area contributed by atoms with E-state index >= 15 is 0 Å². The molecule has 0 spiro atoms. The third kappa shape index (κ3) is 6.65. The first-order valence-corrected chi connectivity index (χ1v) is 17.2. The molecule has 3 aliphatic heterocycles. The number of likely N-dealkylation sites (tertiary alicyclic amines) is 1. The predicted octanol–water partition coefficient (Wildman–Crippen LogP) is 4.61. The summed E-state index contributed by atoms with van der Waals surface area (Å²) in [6.45, 7) is 5.59. The SMILES string of the molecule is Cc1cc(CC(OC(=O)N2CCC(N3Cc4cccc(F)c4NC3=O)CC2)C(=O)N2CCN(C3CCCCC3)CC2)cc2oc(=O)[nH]c12. The van der Waals surface area contributed by atoms with Crippen LogP contribution < -0.4 is 11.1 Å². The highest BCUT2D eigenvalue weighted by atomic mass is 19.1. The number of hydrogen-bond donors (Lipinski definition) is 2. The molecule has 48 heavy (non-hydrogen) atoms. The standard InChI is InChI=1S/C35H43FN6O6/c1-22-18-23(19-28-30(22)38-34(45)47-28)20-29(32(43)40-16-14-39(15-17-40)25-7-3-2-4-8-25)48-35(46)41-12-10-26(11-13-41)42-21-24-6-5-9-27(36)31(24)37-33(42)44/h5-6,9,18-19,25-26,29H,2-4,7-8,10-17,20-21H2,1H3,(H,37,44)(H,38,45). The van der Waals surface area contributed by atoms with Gasteiger partial charge in [-0.25, -0.2) is 18.8 Å². The maximum absolute atomic E-state index is 14.2. The number of benzene rings is 2. The topological polar surface area (TPSA) is 131 Å². The zero-order valence-corrected chi connectivity index (χ0v) is 27.3. The number of ether oxygens (including phenoxy) is 1. The highest BCUT2D eigenvalue weighted by Gasteiger charge is 2.37. The van der Waals surface area contributed by atoms with Gasteiger partial charge in [-0.05, 0) is 61.4 Å². The first kappa shape index (κ1) is 32.2. The van der Waals surface area contributed by atoms with Crippen molar-refractivity contribution in [3.05, 3.63) is 63.4 Å². The van der Waals surface area contributed by atoms with E-state index in [1.54, 1.807) is 32.9 Å². The molecular weight excluding hydrogens is 619 g/mol. The lowest BCUT2D eigenvalue weighted by Crippen LogP contribution is -2.55. The molecule has 4 amide bonds. The van der Waals surface area contributed by atoms with Gasteiger partial charge in [0.05, 0.1) is 11.2 Å². The van der Waals surface area contributed by atoms with Crippen LogP contribution in [0.5, 0.6) is 0 Å². The zero-order chi connectivity index (χ0) is 33.4. The molecule has 13 heteroatoms. The van der Waals surface area contributed by atoms with Gasteiger partial charge >= 0.3 is 17.9 Å². The molecule has 2 saturated heterocycles. The number of amides is 4. The summed E-state index contributed by atoms with van der Waals surface area (Å²) in [7, 11) is 0. The molecule has 1 aliphatic carbocycles. The van der Waals surface area contributed by atoms with Crippen LogP contribution in [-0.4, -0.2) is 100 Å². The van der Waals surface area contributed by atoms with E-state index in [0.29, 0.717) is 68.3 Å². The molecule has 1 unspecified atom stereocenters. The number of oxazole rings is 1. The largest absolute Gasteiger partial charge is 0.436 e. The van der Waals surface area contributed by atoms with Gasteiger partial charge in [0, 0.05) is 64.3 Å². The molecule has 1 atom stereocenters. The monoisotopic (exact) mass is 662 g/mol. The Kier molecular flexibility index (Phi) is 9.13. The number of para-hydroxylation sites is 1. The van der Waals surface area contributed by atoms with Gasteiger partial charge in [0.25, 0.3) is 5.91 Å². The van der Waals surface area contributed by atoms with Crippen molar-refractivity contribution in [3.8, 4) is 0 Å². The van der Waals surface area contributed by atoms with E-state index in [0.717, 1.165) is 24.2 Å². The van der Waals surface area contributed by atoms with Gasteiger partial charge in [-0.1, -0.05) is 37.5 Å². The minimum atomic E-state index is -1.06. The average molecular weight is 663 g/mol. The lowest BCUT2D eigenvalue weighted by molar-refractivity contribution is -0.143. The number of rotatable bonds is 6. The first-order valence-electron chi connectivity index (χ1n) is 17.2. The average Bonchev–Trinajstić information content (AvgIpc) is 3.49. The second-order valence-electron chi connectivity index (χ2n) is 13.6. The summed E-state index contributed by atoms with van der Waals surface area (Å²) in [5.74, 6) is -1.24. The molecule has 0 bridgehead atoms. The van der Waals surface area contributed by atoms with Gasteiger partial charge in [-0.2, -0.15) is 0 Å². The lowest BCUT2D eigenvalue weighted by Gasteiger charge is -2.42. The molecular formula is C35H43FN6O6. The van der Waals surface area contributed by atoms with Crippen LogP contribution >= 0.6 is 0 Å². The van der Waals surface area contributed by atoms with E-state index in [2.05, 4.69) is 15.2 Å². The van der Waals surface area contributed by atoms with Crippen LogP contribution in [-0.2, 0) is 22.5 Å². The molecule has 1 saturated carbocycles. The van der Waals surface area contributed by atoms with Crippen LogP contribution in [0, 0.1) is 12.7 Å². The van der Waals surface area contributed by atoms with Crippen LogP contribution in [0.4, 0.5) is 19.7 Å². The number of carbonyl (C=O) groups is 3. The highest BCUT2D eigenvalue weighted by Crippen LogP contribution is 2.30. The van der Waals surface area contributed by atoms with E-state index in [1.165, 1.54) is 38.2 Å². The van der Waals surface area contributed by atoms with E-state index < -0.39 is 23.8 Å². The number of carbonyl (C=O) groups excluding carboxylic acids is 3. The third-order valence-electron chi connectivity index (χ3n) is 10.5. The summed E-state index contributed by atoms with van der Waals surface area (Å²) in [4.78, 5) is 62.6. The maximum atomic E-state index is 14.2. The number of H-pyrrole nitrogens is 1. The van der Waals surface area contributed by atoms with Crippen molar-refractivity contribution in [2.45, 2.75) is 83.0 Å². The molecule has 1 aromatic heterocycles. The molecule has 12 nitrogen and oxygen atoms in total. The van der Waals surface area contributed by atoms with Crippen molar-refractivity contribution in [1.29, 1.82) is 0 Å². The van der Waals surface area contributed by atoms with Gasteiger partial charge in [0.1, 0.15) is 5.82 Å². The minimum Gasteiger partial charge on any atom is -0.436 e. The molecule has 2 N–H and O–H groups in total. The van der Waals surface area contributed by atoms with Gasteiger partial charge in [-0.3, -0.25) is 14.7 Å². The molecule has 3 aromatic rings. The summed E-state index contributed by atoms with van der Waals surface area (Å²) in [6.07, 6.45) is 5.76.